The highest BCUT2D eigenvalue weighted by Crippen LogP contribution is 2.40. The monoisotopic (exact) mass is 367 g/mol. The van der Waals surface area contributed by atoms with Gasteiger partial charge in [0.25, 0.3) is 5.22 Å². The standard InChI is InChI=1S/C14H14BrN3O2S/c1-8(12(19)16-11-4-2-3-10(15)7-11)21-14-18-17-13(20-14)9-5-6-9/h2-4,7-9H,5-6H2,1H3,(H,16,19)/t8-/m1/s1. The van der Waals surface area contributed by atoms with E-state index in [1.807, 2.05) is 31.2 Å². The van der Waals surface area contributed by atoms with Crippen LogP contribution in [0.15, 0.2) is 38.4 Å². The number of rotatable bonds is 5. The summed E-state index contributed by atoms with van der Waals surface area (Å²) in [5, 5.41) is 11.0. The van der Waals surface area contributed by atoms with Gasteiger partial charge in [0.2, 0.25) is 11.8 Å². The Morgan fingerprint density at radius 3 is 3.00 bits per heavy atom. The molecular formula is C14H14BrN3O2S. The number of aromatic nitrogens is 2. The Kier molecular flexibility index (Phi) is 4.30. The van der Waals surface area contributed by atoms with Gasteiger partial charge >= 0.3 is 0 Å². The number of halogens is 1. The van der Waals surface area contributed by atoms with Crippen molar-refractivity contribution in [3.63, 3.8) is 0 Å². The molecule has 1 aromatic carbocycles. The summed E-state index contributed by atoms with van der Waals surface area (Å²) < 4.78 is 6.47. The smallest absolute Gasteiger partial charge is 0.277 e. The molecule has 7 heteroatoms. The molecule has 1 atom stereocenters. The van der Waals surface area contributed by atoms with Gasteiger partial charge in [0.15, 0.2) is 0 Å². The first-order chi connectivity index (χ1) is 10.1. The van der Waals surface area contributed by atoms with Gasteiger partial charge in [-0.3, -0.25) is 4.79 Å². The number of nitrogens with zero attached hydrogens (tertiary/aromatic N) is 2. The minimum atomic E-state index is -0.309. The molecule has 21 heavy (non-hydrogen) atoms. The van der Waals surface area contributed by atoms with Crippen molar-refractivity contribution in [2.45, 2.75) is 36.2 Å². The average molecular weight is 368 g/mol. The van der Waals surface area contributed by atoms with Crippen molar-refractivity contribution in [1.29, 1.82) is 0 Å². The zero-order chi connectivity index (χ0) is 14.8. The molecule has 5 nitrogen and oxygen atoms in total. The quantitative estimate of drug-likeness (QED) is 0.813. The maximum Gasteiger partial charge on any atom is 0.277 e. The van der Waals surface area contributed by atoms with Crippen LogP contribution in [-0.2, 0) is 4.79 Å². The average Bonchev–Trinajstić information content (AvgIpc) is 3.19. The van der Waals surface area contributed by atoms with Crippen molar-refractivity contribution in [3.05, 3.63) is 34.6 Å². The van der Waals surface area contributed by atoms with Crippen molar-refractivity contribution in [3.8, 4) is 0 Å². The molecule has 0 spiro atoms. The molecule has 1 saturated carbocycles. The zero-order valence-corrected chi connectivity index (χ0v) is 13.8. The third kappa shape index (κ3) is 3.85. The lowest BCUT2D eigenvalue weighted by atomic mass is 10.3. The van der Waals surface area contributed by atoms with Crippen LogP contribution in [0.2, 0.25) is 0 Å². The van der Waals surface area contributed by atoms with E-state index < -0.39 is 0 Å². The lowest BCUT2D eigenvalue weighted by molar-refractivity contribution is -0.115. The molecule has 0 saturated heterocycles. The zero-order valence-electron chi connectivity index (χ0n) is 11.4. The molecule has 1 amide bonds. The molecule has 1 N–H and O–H groups in total. The van der Waals surface area contributed by atoms with Crippen LogP contribution in [0.3, 0.4) is 0 Å². The predicted molar refractivity (Wildman–Crippen MR) is 84.4 cm³/mol. The van der Waals surface area contributed by atoms with Crippen LogP contribution in [0.5, 0.6) is 0 Å². The second kappa shape index (κ2) is 6.19. The van der Waals surface area contributed by atoms with Crippen LogP contribution >= 0.6 is 27.7 Å². The van der Waals surface area contributed by atoms with E-state index in [1.165, 1.54) is 11.8 Å². The highest BCUT2D eigenvalue weighted by atomic mass is 79.9. The minimum Gasteiger partial charge on any atom is -0.416 e. The second-order valence-electron chi connectivity index (χ2n) is 4.94. The van der Waals surface area contributed by atoms with Crippen molar-refractivity contribution in [1.82, 2.24) is 10.2 Å². The first-order valence-electron chi connectivity index (χ1n) is 6.68. The SMILES string of the molecule is C[C@@H](Sc1nnc(C2CC2)o1)C(=O)Nc1cccc(Br)c1. The van der Waals surface area contributed by atoms with Gasteiger partial charge in [0.1, 0.15) is 0 Å². The number of carbonyl (C=O) groups excluding carboxylic acids is 1. The fourth-order valence-electron chi connectivity index (χ4n) is 1.78. The third-order valence-corrected chi connectivity index (χ3v) is 4.52. The van der Waals surface area contributed by atoms with Gasteiger partial charge in [-0.25, -0.2) is 0 Å². The lowest BCUT2D eigenvalue weighted by Crippen LogP contribution is -2.22. The number of amides is 1. The van der Waals surface area contributed by atoms with Gasteiger partial charge in [-0.05, 0) is 38.0 Å². The van der Waals surface area contributed by atoms with Gasteiger partial charge in [0.05, 0.1) is 5.25 Å². The van der Waals surface area contributed by atoms with Crippen molar-refractivity contribution < 1.29 is 9.21 Å². The molecule has 0 unspecified atom stereocenters. The molecule has 3 rings (SSSR count). The van der Waals surface area contributed by atoms with E-state index in [4.69, 9.17) is 4.42 Å². The highest BCUT2D eigenvalue weighted by molar-refractivity contribution is 9.10. The molecule has 0 radical (unpaired) electrons. The fourth-order valence-corrected chi connectivity index (χ4v) is 2.87. The maximum absolute atomic E-state index is 12.1. The summed E-state index contributed by atoms with van der Waals surface area (Å²) in [6.07, 6.45) is 2.23. The Morgan fingerprint density at radius 1 is 1.48 bits per heavy atom. The van der Waals surface area contributed by atoms with Gasteiger partial charge in [-0.1, -0.05) is 33.8 Å². The summed E-state index contributed by atoms with van der Waals surface area (Å²) in [4.78, 5) is 12.1. The summed E-state index contributed by atoms with van der Waals surface area (Å²) >= 11 is 4.65. The number of carbonyl (C=O) groups is 1. The van der Waals surface area contributed by atoms with Crippen LogP contribution in [0, 0.1) is 0 Å². The van der Waals surface area contributed by atoms with Crippen LogP contribution < -0.4 is 5.32 Å². The number of hydrogen-bond acceptors (Lipinski definition) is 5. The summed E-state index contributed by atoms with van der Waals surface area (Å²) in [7, 11) is 0. The summed E-state index contributed by atoms with van der Waals surface area (Å²) in [5.74, 6) is 1.03. The van der Waals surface area contributed by atoms with Crippen molar-refractivity contribution in [2.75, 3.05) is 5.32 Å². The number of benzene rings is 1. The number of nitrogens with one attached hydrogen (secondary N) is 1. The van der Waals surface area contributed by atoms with E-state index in [0.29, 0.717) is 17.0 Å². The lowest BCUT2D eigenvalue weighted by Gasteiger charge is -2.10. The first kappa shape index (κ1) is 14.6. The Balaban J connectivity index is 1.58. The maximum atomic E-state index is 12.1. The fraction of sp³-hybridized carbons (Fsp3) is 0.357. The van der Waals surface area contributed by atoms with E-state index in [0.717, 1.165) is 23.0 Å². The number of anilines is 1. The van der Waals surface area contributed by atoms with E-state index >= 15 is 0 Å². The number of hydrogen-bond donors (Lipinski definition) is 1. The second-order valence-corrected chi connectivity index (χ2v) is 7.15. The molecule has 1 aromatic heterocycles. The molecule has 110 valence electrons. The highest BCUT2D eigenvalue weighted by Gasteiger charge is 2.30. The Hall–Kier alpha value is -1.34. The van der Waals surface area contributed by atoms with Crippen LogP contribution in [0.25, 0.3) is 0 Å². The molecule has 0 bridgehead atoms. The topological polar surface area (TPSA) is 68.0 Å². The van der Waals surface area contributed by atoms with E-state index in [1.54, 1.807) is 0 Å². The molecule has 0 aliphatic heterocycles. The molecule has 1 fully saturated rings. The van der Waals surface area contributed by atoms with Crippen LogP contribution in [0.4, 0.5) is 5.69 Å². The van der Waals surface area contributed by atoms with E-state index in [2.05, 4.69) is 31.4 Å². The normalized spacial score (nSPS) is 15.7. The summed E-state index contributed by atoms with van der Waals surface area (Å²) in [6.45, 7) is 1.82. The third-order valence-electron chi connectivity index (χ3n) is 3.09. The van der Waals surface area contributed by atoms with Crippen molar-refractivity contribution >= 4 is 39.3 Å². The number of thioether (sulfide) groups is 1. The minimum absolute atomic E-state index is 0.0933. The van der Waals surface area contributed by atoms with E-state index in [9.17, 15) is 4.79 Å². The molecule has 1 aliphatic carbocycles. The van der Waals surface area contributed by atoms with Crippen LogP contribution in [0.1, 0.15) is 31.6 Å². The summed E-state index contributed by atoms with van der Waals surface area (Å²) in [5.41, 5.74) is 0.756. The van der Waals surface area contributed by atoms with Gasteiger partial charge in [-0.2, -0.15) is 0 Å². The van der Waals surface area contributed by atoms with Gasteiger partial charge in [-0.15, -0.1) is 10.2 Å². The predicted octanol–water partition coefficient (Wildman–Crippen LogP) is 3.83. The molecular weight excluding hydrogens is 354 g/mol. The Bertz CT molecular complexity index is 657. The first-order valence-corrected chi connectivity index (χ1v) is 8.35. The van der Waals surface area contributed by atoms with Gasteiger partial charge in [0, 0.05) is 16.1 Å². The van der Waals surface area contributed by atoms with Gasteiger partial charge < -0.3 is 9.73 Å². The van der Waals surface area contributed by atoms with Crippen molar-refractivity contribution in [2.24, 2.45) is 0 Å². The van der Waals surface area contributed by atoms with E-state index in [-0.39, 0.29) is 11.2 Å². The molecule has 2 aromatic rings. The molecule has 1 aliphatic rings. The Morgan fingerprint density at radius 2 is 2.29 bits per heavy atom. The summed E-state index contributed by atoms with van der Waals surface area (Å²) in [6, 6.07) is 7.48. The largest absolute Gasteiger partial charge is 0.416 e. The Labute approximate surface area is 135 Å². The molecule has 1 heterocycles. The van der Waals surface area contributed by atoms with Crippen LogP contribution in [-0.4, -0.2) is 21.4 Å².